The van der Waals surface area contributed by atoms with Gasteiger partial charge in [-0.05, 0) is 37.3 Å². The molecule has 3 rings (SSSR count). The Morgan fingerprint density at radius 1 is 0.923 bits per heavy atom. The van der Waals surface area contributed by atoms with Gasteiger partial charge in [-0.3, -0.25) is 0 Å². The van der Waals surface area contributed by atoms with E-state index in [1.54, 1.807) is 54.8 Å². The summed E-state index contributed by atoms with van der Waals surface area (Å²) in [6.07, 6.45) is 2.96. The summed E-state index contributed by atoms with van der Waals surface area (Å²) in [6.45, 7) is 2.10. The highest BCUT2D eigenvalue weighted by Crippen LogP contribution is 2.32. The molecule has 0 saturated carbocycles. The highest BCUT2D eigenvalue weighted by molar-refractivity contribution is 5.89. The molecule has 0 radical (unpaired) electrons. The molecule has 0 amide bonds. The molecule has 1 aliphatic heterocycles. The smallest absolute Gasteiger partial charge is 0.338 e. The van der Waals surface area contributed by atoms with Gasteiger partial charge in [-0.1, -0.05) is 36.4 Å². The van der Waals surface area contributed by atoms with Gasteiger partial charge in [0.1, 0.15) is 19.3 Å². The second-order valence-corrected chi connectivity index (χ2v) is 6.34. The first kappa shape index (κ1) is 17.7. The number of benzene rings is 2. The van der Waals surface area contributed by atoms with Gasteiger partial charge in [0.05, 0.1) is 22.8 Å². The Hall–Kier alpha value is -3.08. The molecule has 1 aliphatic rings. The van der Waals surface area contributed by atoms with E-state index in [-0.39, 0.29) is 13.2 Å². The van der Waals surface area contributed by atoms with E-state index in [0.29, 0.717) is 11.1 Å². The third kappa shape index (κ3) is 4.11. The third-order valence-corrected chi connectivity index (χ3v) is 4.33. The van der Waals surface area contributed by atoms with Gasteiger partial charge in [0.15, 0.2) is 0 Å². The van der Waals surface area contributed by atoms with Crippen LogP contribution in [0.4, 0.5) is 0 Å². The van der Waals surface area contributed by atoms with Crippen molar-refractivity contribution in [2.24, 2.45) is 5.41 Å². The SMILES string of the molecule is CC1(COC(=O)c2ccccc2)C=COC1COC(=O)c1ccccc1. The van der Waals surface area contributed by atoms with Crippen molar-refractivity contribution in [2.45, 2.75) is 13.0 Å². The van der Waals surface area contributed by atoms with Crippen LogP contribution in [0, 0.1) is 5.41 Å². The summed E-state index contributed by atoms with van der Waals surface area (Å²) < 4.78 is 16.3. The molecule has 0 bridgehead atoms. The predicted molar refractivity (Wildman–Crippen MR) is 95.6 cm³/mol. The molecule has 1 heterocycles. The van der Waals surface area contributed by atoms with Gasteiger partial charge in [-0.15, -0.1) is 0 Å². The fourth-order valence-corrected chi connectivity index (χ4v) is 2.61. The van der Waals surface area contributed by atoms with E-state index in [4.69, 9.17) is 14.2 Å². The summed E-state index contributed by atoms with van der Waals surface area (Å²) in [5.41, 5.74) is 0.406. The van der Waals surface area contributed by atoms with E-state index in [0.717, 1.165) is 0 Å². The first-order chi connectivity index (χ1) is 12.6. The number of rotatable bonds is 6. The molecular formula is C21H20O5. The van der Waals surface area contributed by atoms with Gasteiger partial charge >= 0.3 is 11.9 Å². The van der Waals surface area contributed by atoms with Gasteiger partial charge in [0.25, 0.3) is 0 Å². The zero-order valence-corrected chi connectivity index (χ0v) is 14.5. The van der Waals surface area contributed by atoms with Crippen molar-refractivity contribution in [3.63, 3.8) is 0 Å². The Balaban J connectivity index is 1.55. The van der Waals surface area contributed by atoms with Crippen LogP contribution in [0.1, 0.15) is 27.6 Å². The molecule has 0 spiro atoms. The lowest BCUT2D eigenvalue weighted by Crippen LogP contribution is -2.37. The molecule has 2 aromatic rings. The molecular weight excluding hydrogens is 332 g/mol. The minimum atomic E-state index is -0.568. The van der Waals surface area contributed by atoms with Crippen LogP contribution in [0.15, 0.2) is 73.0 Å². The standard InChI is InChI=1S/C21H20O5/c1-21(15-26-20(23)17-10-6-3-7-11-17)12-13-24-18(21)14-25-19(22)16-8-4-2-5-9-16/h2-13,18H,14-15H2,1H3. The molecule has 0 N–H and O–H groups in total. The zero-order chi connectivity index (χ0) is 18.4. The van der Waals surface area contributed by atoms with Crippen molar-refractivity contribution in [3.8, 4) is 0 Å². The van der Waals surface area contributed by atoms with E-state index in [1.165, 1.54) is 0 Å². The number of esters is 2. The zero-order valence-electron chi connectivity index (χ0n) is 14.5. The minimum Gasteiger partial charge on any atom is -0.494 e. The minimum absolute atomic E-state index is 0.0696. The first-order valence-electron chi connectivity index (χ1n) is 8.36. The molecule has 0 aliphatic carbocycles. The molecule has 2 atom stereocenters. The summed E-state index contributed by atoms with van der Waals surface area (Å²) >= 11 is 0. The molecule has 0 aromatic heterocycles. The van der Waals surface area contributed by atoms with Crippen LogP contribution < -0.4 is 0 Å². The molecule has 2 aromatic carbocycles. The average Bonchev–Trinajstić information content (AvgIpc) is 3.06. The fraction of sp³-hybridized carbons (Fsp3) is 0.238. The van der Waals surface area contributed by atoms with Crippen molar-refractivity contribution < 1.29 is 23.8 Å². The number of hydrogen-bond acceptors (Lipinski definition) is 5. The topological polar surface area (TPSA) is 61.8 Å². The quantitative estimate of drug-likeness (QED) is 0.743. The fourth-order valence-electron chi connectivity index (χ4n) is 2.61. The van der Waals surface area contributed by atoms with Gasteiger partial charge in [0, 0.05) is 0 Å². The molecule has 5 heteroatoms. The Morgan fingerprint density at radius 3 is 2.04 bits per heavy atom. The van der Waals surface area contributed by atoms with Gasteiger partial charge in [-0.2, -0.15) is 0 Å². The van der Waals surface area contributed by atoms with Crippen molar-refractivity contribution in [3.05, 3.63) is 84.1 Å². The van der Waals surface area contributed by atoms with E-state index >= 15 is 0 Å². The largest absolute Gasteiger partial charge is 0.494 e. The molecule has 2 unspecified atom stereocenters. The van der Waals surface area contributed by atoms with Crippen LogP contribution in [0.3, 0.4) is 0 Å². The Bertz CT molecular complexity index is 785. The Labute approximate surface area is 152 Å². The Morgan fingerprint density at radius 2 is 1.46 bits per heavy atom. The maximum atomic E-state index is 12.1. The summed E-state index contributed by atoms with van der Waals surface area (Å²) in [5.74, 6) is -0.808. The summed E-state index contributed by atoms with van der Waals surface area (Å²) in [4.78, 5) is 24.2. The predicted octanol–water partition coefficient (Wildman–Crippen LogP) is 3.62. The third-order valence-electron chi connectivity index (χ3n) is 4.33. The maximum Gasteiger partial charge on any atom is 0.338 e. The van der Waals surface area contributed by atoms with Crippen LogP contribution in [-0.2, 0) is 14.2 Å². The summed E-state index contributed by atoms with van der Waals surface area (Å²) in [7, 11) is 0. The van der Waals surface area contributed by atoms with Gasteiger partial charge < -0.3 is 14.2 Å². The van der Waals surface area contributed by atoms with E-state index in [2.05, 4.69) is 0 Å². The van der Waals surface area contributed by atoms with Crippen LogP contribution in [0.25, 0.3) is 0 Å². The first-order valence-corrected chi connectivity index (χ1v) is 8.36. The van der Waals surface area contributed by atoms with Crippen molar-refractivity contribution in [2.75, 3.05) is 13.2 Å². The maximum absolute atomic E-state index is 12.1. The van der Waals surface area contributed by atoms with Crippen LogP contribution in [0.5, 0.6) is 0 Å². The summed E-state index contributed by atoms with van der Waals surface area (Å²) in [6, 6.07) is 17.6. The monoisotopic (exact) mass is 352 g/mol. The second-order valence-electron chi connectivity index (χ2n) is 6.34. The molecule has 0 saturated heterocycles. The van der Waals surface area contributed by atoms with E-state index < -0.39 is 23.5 Å². The highest BCUT2D eigenvalue weighted by Gasteiger charge is 2.39. The molecule has 0 fully saturated rings. The van der Waals surface area contributed by atoms with Crippen molar-refractivity contribution in [1.29, 1.82) is 0 Å². The lowest BCUT2D eigenvalue weighted by Gasteiger charge is -2.28. The van der Waals surface area contributed by atoms with Crippen LogP contribution in [0.2, 0.25) is 0 Å². The average molecular weight is 352 g/mol. The molecule has 5 nitrogen and oxygen atoms in total. The van der Waals surface area contributed by atoms with Crippen LogP contribution in [-0.4, -0.2) is 31.3 Å². The van der Waals surface area contributed by atoms with E-state index in [1.807, 2.05) is 25.1 Å². The number of ether oxygens (including phenoxy) is 3. The van der Waals surface area contributed by atoms with Gasteiger partial charge in [0.2, 0.25) is 0 Å². The normalized spacial score (nSPS) is 21.0. The lowest BCUT2D eigenvalue weighted by atomic mass is 9.87. The number of carbonyl (C=O) groups is 2. The number of carbonyl (C=O) groups excluding carboxylic acids is 2. The second kappa shape index (κ2) is 7.87. The van der Waals surface area contributed by atoms with Gasteiger partial charge in [-0.25, -0.2) is 9.59 Å². The molecule has 134 valence electrons. The molecule has 26 heavy (non-hydrogen) atoms. The highest BCUT2D eigenvalue weighted by atomic mass is 16.6. The lowest BCUT2D eigenvalue weighted by molar-refractivity contribution is -0.0226. The van der Waals surface area contributed by atoms with Crippen LogP contribution >= 0.6 is 0 Å². The number of hydrogen-bond donors (Lipinski definition) is 0. The Kier molecular flexibility index (Phi) is 5.37. The summed E-state index contributed by atoms with van der Waals surface area (Å²) in [5, 5.41) is 0. The van der Waals surface area contributed by atoms with Crippen molar-refractivity contribution in [1.82, 2.24) is 0 Å². The van der Waals surface area contributed by atoms with Crippen molar-refractivity contribution >= 4 is 11.9 Å². The van der Waals surface area contributed by atoms with E-state index in [9.17, 15) is 9.59 Å².